The molecule has 0 spiro atoms. The van der Waals surface area contributed by atoms with Crippen LogP contribution in [0.3, 0.4) is 0 Å². The molecule has 55 heavy (non-hydrogen) atoms. The van der Waals surface area contributed by atoms with Crippen molar-refractivity contribution >= 4 is 31.5 Å². The Bertz CT molecular complexity index is 2830. The SMILES string of the molecule is c1ccc(-c2cc(-c3ccccc3)nc(-c3cc4sc5ccccc5c4cc3-c3ccc(-c4nc(-c5ccccc5)nc(-c5ccccc5)n4)cc3)n2)cc1. The zero-order valence-corrected chi connectivity index (χ0v) is 30.4. The monoisotopic (exact) mass is 721 g/mol. The van der Waals surface area contributed by atoms with Crippen LogP contribution in [-0.2, 0) is 0 Å². The van der Waals surface area contributed by atoms with Crippen molar-refractivity contribution in [2.75, 3.05) is 0 Å². The van der Waals surface area contributed by atoms with Gasteiger partial charge in [-0.2, -0.15) is 0 Å². The third kappa shape index (κ3) is 6.35. The van der Waals surface area contributed by atoms with Gasteiger partial charge < -0.3 is 0 Å². The van der Waals surface area contributed by atoms with E-state index >= 15 is 0 Å². The summed E-state index contributed by atoms with van der Waals surface area (Å²) in [7, 11) is 0. The van der Waals surface area contributed by atoms with E-state index in [0.717, 1.165) is 55.9 Å². The molecule has 0 atom stereocenters. The number of nitrogens with zero attached hydrogens (tertiary/aromatic N) is 5. The van der Waals surface area contributed by atoms with Crippen LogP contribution in [0.2, 0.25) is 0 Å². The van der Waals surface area contributed by atoms with Gasteiger partial charge in [-0.1, -0.05) is 164 Å². The molecule has 5 nitrogen and oxygen atoms in total. The second-order valence-corrected chi connectivity index (χ2v) is 14.4. The molecule has 0 aliphatic heterocycles. The molecule has 10 rings (SSSR count). The molecule has 0 saturated carbocycles. The van der Waals surface area contributed by atoms with Crippen molar-refractivity contribution < 1.29 is 0 Å². The Morgan fingerprint density at radius 3 is 1.24 bits per heavy atom. The molecule has 0 N–H and O–H groups in total. The van der Waals surface area contributed by atoms with E-state index in [1.165, 1.54) is 20.2 Å². The van der Waals surface area contributed by atoms with E-state index in [9.17, 15) is 0 Å². The summed E-state index contributed by atoms with van der Waals surface area (Å²) in [6, 6.07) is 64.6. The summed E-state index contributed by atoms with van der Waals surface area (Å²) in [5.41, 5.74) is 9.68. The van der Waals surface area contributed by atoms with E-state index in [-0.39, 0.29) is 0 Å². The Labute approximate surface area is 322 Å². The highest BCUT2D eigenvalue weighted by atomic mass is 32.1. The summed E-state index contributed by atoms with van der Waals surface area (Å²) in [5, 5.41) is 2.45. The minimum atomic E-state index is 0.616. The summed E-state index contributed by atoms with van der Waals surface area (Å²) in [6.45, 7) is 0. The Kier molecular flexibility index (Phi) is 8.28. The van der Waals surface area contributed by atoms with Crippen molar-refractivity contribution in [3.05, 3.63) is 188 Å². The smallest absolute Gasteiger partial charge is 0.164 e. The minimum Gasteiger partial charge on any atom is -0.228 e. The predicted molar refractivity (Wildman–Crippen MR) is 226 cm³/mol. The fourth-order valence-electron chi connectivity index (χ4n) is 7.01. The lowest BCUT2D eigenvalue weighted by Gasteiger charge is -2.14. The highest BCUT2D eigenvalue weighted by Crippen LogP contribution is 2.42. The minimum absolute atomic E-state index is 0.616. The Balaban J connectivity index is 1.15. The van der Waals surface area contributed by atoms with E-state index < -0.39 is 0 Å². The van der Waals surface area contributed by atoms with Gasteiger partial charge >= 0.3 is 0 Å². The van der Waals surface area contributed by atoms with Crippen molar-refractivity contribution in [3.63, 3.8) is 0 Å². The van der Waals surface area contributed by atoms with Gasteiger partial charge in [-0.25, -0.2) is 24.9 Å². The molecule has 0 amide bonds. The van der Waals surface area contributed by atoms with Crippen molar-refractivity contribution in [1.82, 2.24) is 24.9 Å². The topological polar surface area (TPSA) is 64.5 Å². The molecule has 0 unspecified atom stereocenters. The van der Waals surface area contributed by atoms with Gasteiger partial charge in [-0.05, 0) is 35.4 Å². The molecule has 3 heterocycles. The van der Waals surface area contributed by atoms with Crippen molar-refractivity contribution in [2.45, 2.75) is 0 Å². The molecule has 7 aromatic carbocycles. The quantitative estimate of drug-likeness (QED) is 0.164. The second kappa shape index (κ2) is 14.0. The number of benzene rings is 7. The Morgan fingerprint density at radius 1 is 0.273 bits per heavy atom. The summed E-state index contributed by atoms with van der Waals surface area (Å²) in [6.07, 6.45) is 0. The number of hydrogen-bond donors (Lipinski definition) is 0. The standard InChI is InChI=1S/C49H31N5S/c1-5-15-33(16-6-1)42-31-43(34-17-7-2-8-18-34)51-49(50-42)41-30-45-40(38-23-13-14-24-44(38)55-45)29-39(41)32-25-27-37(28-26-32)48-53-46(35-19-9-3-10-20-35)52-47(54-48)36-21-11-4-12-22-36/h1-31H. The molecule has 0 fully saturated rings. The zero-order valence-electron chi connectivity index (χ0n) is 29.5. The first-order chi connectivity index (χ1) is 27.2. The van der Waals surface area contributed by atoms with Crippen LogP contribution >= 0.6 is 11.3 Å². The zero-order chi connectivity index (χ0) is 36.6. The maximum Gasteiger partial charge on any atom is 0.164 e. The van der Waals surface area contributed by atoms with E-state index in [1.54, 1.807) is 11.3 Å². The van der Waals surface area contributed by atoms with Crippen LogP contribution in [0.15, 0.2) is 188 Å². The van der Waals surface area contributed by atoms with Crippen LogP contribution < -0.4 is 0 Å². The molecule has 3 aromatic heterocycles. The third-order valence-corrected chi connectivity index (χ3v) is 10.9. The maximum absolute atomic E-state index is 5.26. The average molecular weight is 722 g/mol. The first kappa shape index (κ1) is 32.5. The molecule has 10 aromatic rings. The molecular formula is C49H31N5S. The molecule has 0 radical (unpaired) electrons. The number of rotatable bonds is 7. The van der Waals surface area contributed by atoms with Crippen LogP contribution in [0.1, 0.15) is 0 Å². The van der Waals surface area contributed by atoms with E-state index in [4.69, 9.17) is 24.9 Å². The number of aromatic nitrogens is 5. The highest BCUT2D eigenvalue weighted by molar-refractivity contribution is 7.25. The first-order valence-electron chi connectivity index (χ1n) is 18.2. The van der Waals surface area contributed by atoms with E-state index in [0.29, 0.717) is 23.3 Å². The second-order valence-electron chi connectivity index (χ2n) is 13.3. The van der Waals surface area contributed by atoms with Crippen LogP contribution in [0.4, 0.5) is 0 Å². The maximum atomic E-state index is 5.26. The summed E-state index contributed by atoms with van der Waals surface area (Å²) in [5.74, 6) is 2.56. The average Bonchev–Trinajstić information content (AvgIpc) is 3.64. The summed E-state index contributed by atoms with van der Waals surface area (Å²) < 4.78 is 2.44. The molecule has 0 bridgehead atoms. The van der Waals surface area contributed by atoms with Gasteiger partial charge in [-0.3, -0.25) is 0 Å². The molecule has 0 aliphatic carbocycles. The van der Waals surface area contributed by atoms with Gasteiger partial charge in [0, 0.05) is 53.6 Å². The number of hydrogen-bond acceptors (Lipinski definition) is 6. The molecule has 0 saturated heterocycles. The summed E-state index contributed by atoms with van der Waals surface area (Å²) >= 11 is 1.80. The lowest BCUT2D eigenvalue weighted by Crippen LogP contribution is -2.00. The van der Waals surface area contributed by atoms with Crippen LogP contribution in [0.25, 0.3) is 99.4 Å². The van der Waals surface area contributed by atoms with Gasteiger partial charge in [0.05, 0.1) is 11.4 Å². The highest BCUT2D eigenvalue weighted by Gasteiger charge is 2.19. The van der Waals surface area contributed by atoms with E-state index in [2.05, 4.69) is 91.0 Å². The summed E-state index contributed by atoms with van der Waals surface area (Å²) in [4.78, 5) is 25.3. The number of thiophene rings is 1. The third-order valence-electron chi connectivity index (χ3n) is 9.78. The fraction of sp³-hybridized carbons (Fsp3) is 0. The van der Waals surface area contributed by atoms with Crippen LogP contribution in [0.5, 0.6) is 0 Å². The van der Waals surface area contributed by atoms with E-state index in [1.807, 2.05) is 97.1 Å². The predicted octanol–water partition coefficient (Wildman–Crippen LogP) is 12.7. The molecular weight excluding hydrogens is 691 g/mol. The number of fused-ring (bicyclic) bond motifs is 3. The normalized spacial score (nSPS) is 11.3. The van der Waals surface area contributed by atoms with Gasteiger partial charge in [0.25, 0.3) is 0 Å². The van der Waals surface area contributed by atoms with Crippen LogP contribution in [0, 0.1) is 0 Å². The van der Waals surface area contributed by atoms with Crippen LogP contribution in [-0.4, -0.2) is 24.9 Å². The Morgan fingerprint density at radius 2 is 0.709 bits per heavy atom. The van der Waals surface area contributed by atoms with Crippen molar-refractivity contribution in [2.24, 2.45) is 0 Å². The fourth-order valence-corrected chi connectivity index (χ4v) is 8.14. The molecule has 258 valence electrons. The molecule has 6 heteroatoms. The van der Waals surface area contributed by atoms with Crippen molar-refractivity contribution in [1.29, 1.82) is 0 Å². The first-order valence-corrected chi connectivity index (χ1v) is 19.0. The lowest BCUT2D eigenvalue weighted by molar-refractivity contribution is 1.07. The van der Waals surface area contributed by atoms with Gasteiger partial charge in [0.15, 0.2) is 23.3 Å². The Hall–Kier alpha value is -7.15. The lowest BCUT2D eigenvalue weighted by atomic mass is 9.95. The van der Waals surface area contributed by atoms with Gasteiger partial charge in [-0.15, -0.1) is 11.3 Å². The van der Waals surface area contributed by atoms with Crippen molar-refractivity contribution in [3.8, 4) is 79.2 Å². The van der Waals surface area contributed by atoms with Gasteiger partial charge in [0.1, 0.15) is 0 Å². The largest absolute Gasteiger partial charge is 0.228 e. The van der Waals surface area contributed by atoms with Gasteiger partial charge in [0.2, 0.25) is 0 Å². The molecule has 0 aliphatic rings.